The smallest absolute Gasteiger partial charge is 0.312 e. The molecule has 0 unspecified atom stereocenters. The Morgan fingerprint density at radius 1 is 1.12 bits per heavy atom. The van der Waals surface area contributed by atoms with Crippen molar-refractivity contribution >= 4 is 61.6 Å². The summed E-state index contributed by atoms with van der Waals surface area (Å²) >= 11 is 13.4. The number of nitrogens with one attached hydrogen (secondary N) is 1. The second-order valence-electron chi connectivity index (χ2n) is 5.42. The Morgan fingerprint density at radius 3 is 2.80 bits per heavy atom. The minimum Gasteiger partial charge on any atom is -0.458 e. The number of H-pyrrole nitrogens is 1. The standard InChI is InChI=1S/C17H11Cl2N3O2S/c18-9-1-3-12-11(5-9)13(22-21-12)7-17(23)24-8-16-20-14-6-10(19)2-4-15(14)25-16/h1-6H,7-8H2,(H,21,22). The molecule has 0 aliphatic carbocycles. The van der Waals surface area contributed by atoms with Crippen LogP contribution < -0.4 is 0 Å². The molecule has 126 valence electrons. The number of ether oxygens (including phenoxy) is 1. The number of benzene rings is 2. The number of nitrogens with zero attached hydrogens (tertiary/aromatic N) is 2. The van der Waals surface area contributed by atoms with Gasteiger partial charge in [0.15, 0.2) is 0 Å². The van der Waals surface area contributed by atoms with Crippen molar-refractivity contribution in [1.82, 2.24) is 15.2 Å². The zero-order chi connectivity index (χ0) is 17.4. The number of esters is 1. The number of carbonyl (C=O) groups is 1. The first-order valence-corrected chi connectivity index (χ1v) is 8.99. The number of aromatic nitrogens is 3. The Labute approximate surface area is 156 Å². The van der Waals surface area contributed by atoms with E-state index in [-0.39, 0.29) is 19.0 Å². The van der Waals surface area contributed by atoms with E-state index >= 15 is 0 Å². The second-order valence-corrected chi connectivity index (χ2v) is 7.41. The van der Waals surface area contributed by atoms with Crippen LogP contribution in [0.15, 0.2) is 36.4 Å². The van der Waals surface area contributed by atoms with Crippen molar-refractivity contribution in [2.24, 2.45) is 0 Å². The van der Waals surface area contributed by atoms with Crippen molar-refractivity contribution in [3.8, 4) is 0 Å². The van der Waals surface area contributed by atoms with Crippen LogP contribution >= 0.6 is 34.5 Å². The summed E-state index contributed by atoms with van der Waals surface area (Å²) in [5.41, 5.74) is 2.24. The highest BCUT2D eigenvalue weighted by molar-refractivity contribution is 7.18. The molecule has 2 aromatic carbocycles. The summed E-state index contributed by atoms with van der Waals surface area (Å²) in [5, 5.41) is 9.78. The van der Waals surface area contributed by atoms with E-state index in [1.807, 2.05) is 12.1 Å². The zero-order valence-electron chi connectivity index (χ0n) is 12.8. The van der Waals surface area contributed by atoms with Crippen LogP contribution in [0.4, 0.5) is 0 Å². The predicted octanol–water partition coefficient (Wildman–Crippen LogP) is 4.77. The van der Waals surface area contributed by atoms with Gasteiger partial charge in [-0.25, -0.2) is 4.98 Å². The Balaban J connectivity index is 1.45. The van der Waals surface area contributed by atoms with Gasteiger partial charge < -0.3 is 4.74 Å². The Hall–Kier alpha value is -2.15. The van der Waals surface area contributed by atoms with Crippen molar-refractivity contribution in [3.63, 3.8) is 0 Å². The summed E-state index contributed by atoms with van der Waals surface area (Å²) in [4.78, 5) is 16.6. The molecule has 2 heterocycles. The monoisotopic (exact) mass is 391 g/mol. The van der Waals surface area contributed by atoms with Crippen LogP contribution in [-0.2, 0) is 22.6 Å². The lowest BCUT2D eigenvalue weighted by molar-refractivity contribution is -0.144. The van der Waals surface area contributed by atoms with Gasteiger partial charge in [0.1, 0.15) is 11.6 Å². The number of aromatic amines is 1. The number of rotatable bonds is 4. The molecule has 2 aromatic heterocycles. The minimum absolute atomic E-state index is 0.0908. The van der Waals surface area contributed by atoms with Gasteiger partial charge in [-0.15, -0.1) is 11.3 Å². The lowest BCUT2D eigenvalue weighted by Gasteiger charge is -2.02. The largest absolute Gasteiger partial charge is 0.458 e. The van der Waals surface area contributed by atoms with Crippen molar-refractivity contribution in [2.75, 3.05) is 0 Å². The fourth-order valence-electron chi connectivity index (χ4n) is 2.52. The molecule has 0 radical (unpaired) electrons. The number of carbonyl (C=O) groups excluding carboxylic acids is 1. The van der Waals surface area contributed by atoms with Crippen molar-refractivity contribution in [3.05, 3.63) is 57.1 Å². The van der Waals surface area contributed by atoms with E-state index in [0.717, 1.165) is 26.1 Å². The molecule has 0 saturated heterocycles. The SMILES string of the molecule is O=C(Cc1[nH]nc2ccc(Cl)cc12)OCc1nc2cc(Cl)ccc2s1. The summed E-state index contributed by atoms with van der Waals surface area (Å²) in [6.45, 7) is 0.128. The minimum atomic E-state index is -0.359. The summed E-state index contributed by atoms with van der Waals surface area (Å²) in [6, 6.07) is 10.8. The van der Waals surface area contributed by atoms with E-state index in [0.29, 0.717) is 15.7 Å². The van der Waals surface area contributed by atoms with Crippen LogP contribution in [0.25, 0.3) is 21.1 Å². The molecular weight excluding hydrogens is 381 g/mol. The summed E-state index contributed by atoms with van der Waals surface area (Å²) in [7, 11) is 0. The zero-order valence-corrected chi connectivity index (χ0v) is 15.1. The number of halogens is 2. The van der Waals surface area contributed by atoms with Crippen LogP contribution in [0, 0.1) is 0 Å². The quantitative estimate of drug-likeness (QED) is 0.509. The molecule has 4 rings (SSSR count). The molecule has 0 saturated carbocycles. The molecule has 5 nitrogen and oxygen atoms in total. The van der Waals surface area contributed by atoms with E-state index in [1.54, 1.807) is 24.3 Å². The molecule has 0 amide bonds. The van der Waals surface area contributed by atoms with Gasteiger partial charge in [0.25, 0.3) is 0 Å². The maximum atomic E-state index is 12.1. The molecule has 0 atom stereocenters. The van der Waals surface area contributed by atoms with Crippen LogP contribution in [0.1, 0.15) is 10.7 Å². The van der Waals surface area contributed by atoms with Crippen molar-refractivity contribution < 1.29 is 9.53 Å². The topological polar surface area (TPSA) is 67.9 Å². The third-order valence-electron chi connectivity index (χ3n) is 3.67. The first-order chi connectivity index (χ1) is 12.1. The van der Waals surface area contributed by atoms with E-state index in [2.05, 4.69) is 15.2 Å². The predicted molar refractivity (Wildman–Crippen MR) is 99.2 cm³/mol. The van der Waals surface area contributed by atoms with Gasteiger partial charge in [-0.1, -0.05) is 23.2 Å². The van der Waals surface area contributed by atoms with E-state index in [9.17, 15) is 4.79 Å². The number of fused-ring (bicyclic) bond motifs is 2. The number of hydrogen-bond donors (Lipinski definition) is 1. The fourth-order valence-corrected chi connectivity index (χ4v) is 3.72. The first kappa shape index (κ1) is 16.3. The summed E-state index contributed by atoms with van der Waals surface area (Å²) < 4.78 is 6.34. The van der Waals surface area contributed by atoms with Gasteiger partial charge in [0, 0.05) is 15.4 Å². The van der Waals surface area contributed by atoms with E-state index in [4.69, 9.17) is 27.9 Å². The average molecular weight is 392 g/mol. The Kier molecular flexibility index (Phi) is 4.33. The van der Waals surface area contributed by atoms with Crippen LogP contribution in [-0.4, -0.2) is 21.2 Å². The molecule has 25 heavy (non-hydrogen) atoms. The van der Waals surface area contributed by atoms with Gasteiger partial charge in [-0.05, 0) is 36.4 Å². The van der Waals surface area contributed by atoms with Crippen LogP contribution in [0.2, 0.25) is 10.0 Å². The molecule has 4 aromatic rings. The second kappa shape index (κ2) is 6.63. The van der Waals surface area contributed by atoms with Gasteiger partial charge in [0.05, 0.1) is 27.8 Å². The lowest BCUT2D eigenvalue weighted by atomic mass is 10.2. The molecule has 0 bridgehead atoms. The van der Waals surface area contributed by atoms with E-state index < -0.39 is 0 Å². The first-order valence-electron chi connectivity index (χ1n) is 7.41. The number of thiazole rings is 1. The average Bonchev–Trinajstić information content (AvgIpc) is 3.16. The lowest BCUT2D eigenvalue weighted by Crippen LogP contribution is -2.08. The van der Waals surface area contributed by atoms with Gasteiger partial charge >= 0.3 is 5.97 Å². The van der Waals surface area contributed by atoms with E-state index in [1.165, 1.54) is 11.3 Å². The summed E-state index contributed by atoms with van der Waals surface area (Å²) in [5.74, 6) is -0.359. The summed E-state index contributed by atoms with van der Waals surface area (Å²) in [6.07, 6.45) is 0.0908. The molecular formula is C17H11Cl2N3O2S. The molecule has 0 aliphatic heterocycles. The van der Waals surface area contributed by atoms with Crippen molar-refractivity contribution in [2.45, 2.75) is 13.0 Å². The third-order valence-corrected chi connectivity index (χ3v) is 5.15. The molecule has 0 spiro atoms. The highest BCUT2D eigenvalue weighted by atomic mass is 35.5. The van der Waals surface area contributed by atoms with Crippen LogP contribution in [0.3, 0.4) is 0 Å². The number of hydrogen-bond acceptors (Lipinski definition) is 5. The molecule has 0 aliphatic rings. The van der Waals surface area contributed by atoms with Crippen molar-refractivity contribution in [1.29, 1.82) is 0 Å². The molecule has 8 heteroatoms. The van der Waals surface area contributed by atoms with Gasteiger partial charge in [-0.2, -0.15) is 5.10 Å². The van der Waals surface area contributed by atoms with Gasteiger partial charge in [0.2, 0.25) is 0 Å². The Morgan fingerprint density at radius 2 is 1.92 bits per heavy atom. The van der Waals surface area contributed by atoms with Crippen LogP contribution in [0.5, 0.6) is 0 Å². The van der Waals surface area contributed by atoms with Gasteiger partial charge in [-0.3, -0.25) is 9.89 Å². The maximum absolute atomic E-state index is 12.1. The molecule has 1 N–H and O–H groups in total. The maximum Gasteiger partial charge on any atom is 0.312 e. The molecule has 0 fully saturated rings. The fraction of sp³-hybridized carbons (Fsp3) is 0.118. The Bertz CT molecular complexity index is 1090. The third kappa shape index (κ3) is 3.46. The normalized spacial score (nSPS) is 11.3. The highest BCUT2D eigenvalue weighted by Crippen LogP contribution is 2.26. The highest BCUT2D eigenvalue weighted by Gasteiger charge is 2.13.